The molecule has 3 aromatic carbocycles. The maximum atomic E-state index is 13.4. The summed E-state index contributed by atoms with van der Waals surface area (Å²) in [6.45, 7) is 11.0. The van der Waals surface area contributed by atoms with E-state index in [1.165, 1.54) is 4.90 Å². The molecule has 192 valence electrons. The van der Waals surface area contributed by atoms with E-state index in [-0.39, 0.29) is 11.3 Å². The van der Waals surface area contributed by atoms with Crippen LogP contribution in [0.25, 0.3) is 5.76 Å². The first-order valence-corrected chi connectivity index (χ1v) is 12.6. The van der Waals surface area contributed by atoms with Gasteiger partial charge in [-0.2, -0.15) is 0 Å². The summed E-state index contributed by atoms with van der Waals surface area (Å²) in [7, 11) is 0. The number of aryl methyl sites for hydroxylation is 2. The molecule has 0 bridgehead atoms. The number of aliphatic hydroxyl groups is 1. The van der Waals surface area contributed by atoms with E-state index in [9.17, 15) is 14.7 Å². The van der Waals surface area contributed by atoms with Crippen molar-refractivity contribution in [2.75, 3.05) is 18.1 Å². The summed E-state index contributed by atoms with van der Waals surface area (Å²) in [5, 5.41) is 11.4. The third-order valence-corrected chi connectivity index (χ3v) is 6.25. The molecule has 1 aliphatic heterocycles. The highest BCUT2D eigenvalue weighted by atomic mass is 16.5. The van der Waals surface area contributed by atoms with Gasteiger partial charge in [0.05, 0.1) is 24.8 Å². The van der Waals surface area contributed by atoms with Gasteiger partial charge in [0.2, 0.25) is 0 Å². The van der Waals surface area contributed by atoms with Crippen LogP contribution in [0.5, 0.6) is 11.5 Å². The van der Waals surface area contributed by atoms with Gasteiger partial charge >= 0.3 is 0 Å². The van der Waals surface area contributed by atoms with E-state index in [4.69, 9.17) is 9.47 Å². The van der Waals surface area contributed by atoms with Crippen molar-refractivity contribution in [3.8, 4) is 11.5 Å². The van der Waals surface area contributed by atoms with Gasteiger partial charge in [-0.1, -0.05) is 43.7 Å². The van der Waals surface area contributed by atoms with Gasteiger partial charge in [-0.05, 0) is 80.3 Å². The fraction of sp³-hybridized carbons (Fsp3) is 0.290. The van der Waals surface area contributed by atoms with Crippen molar-refractivity contribution in [1.29, 1.82) is 0 Å². The molecule has 1 fully saturated rings. The Labute approximate surface area is 218 Å². The molecule has 0 aromatic heterocycles. The summed E-state index contributed by atoms with van der Waals surface area (Å²) in [6.07, 6.45) is 0. The molecule has 1 N–H and O–H groups in total. The molecular weight excluding hydrogens is 466 g/mol. The zero-order valence-electron chi connectivity index (χ0n) is 21.9. The highest BCUT2D eigenvalue weighted by molar-refractivity contribution is 6.51. The number of anilines is 1. The van der Waals surface area contributed by atoms with Crippen molar-refractivity contribution < 1.29 is 24.2 Å². The molecule has 1 saturated heterocycles. The zero-order valence-corrected chi connectivity index (χ0v) is 21.9. The normalized spacial score (nSPS) is 16.9. The van der Waals surface area contributed by atoms with Crippen LogP contribution in [0.3, 0.4) is 0 Å². The van der Waals surface area contributed by atoms with Crippen LogP contribution < -0.4 is 14.4 Å². The highest BCUT2D eigenvalue weighted by Gasteiger charge is 2.47. The fourth-order valence-corrected chi connectivity index (χ4v) is 4.49. The molecule has 1 amide bonds. The number of hydrogen-bond acceptors (Lipinski definition) is 5. The van der Waals surface area contributed by atoms with Crippen molar-refractivity contribution >= 4 is 23.1 Å². The molecule has 1 heterocycles. The third-order valence-electron chi connectivity index (χ3n) is 6.25. The molecule has 3 aromatic rings. The zero-order chi connectivity index (χ0) is 26.7. The second-order valence-electron chi connectivity index (χ2n) is 9.70. The van der Waals surface area contributed by atoms with Crippen LogP contribution in [-0.2, 0) is 9.59 Å². The van der Waals surface area contributed by atoms with E-state index in [1.54, 1.807) is 42.5 Å². The molecule has 0 saturated carbocycles. The number of rotatable bonds is 8. The number of ether oxygens (including phenoxy) is 2. The second-order valence-corrected chi connectivity index (χ2v) is 9.70. The van der Waals surface area contributed by atoms with Crippen LogP contribution in [0.4, 0.5) is 5.69 Å². The van der Waals surface area contributed by atoms with Gasteiger partial charge in [-0.15, -0.1) is 0 Å². The SMILES string of the molecule is CCOc1ccc(N2C(=O)C(=O)/C(=C(\O)c3ccc(OCC(C)C)c(C)c3)C2c2cccc(C)c2)cc1. The van der Waals surface area contributed by atoms with Gasteiger partial charge in [0.25, 0.3) is 11.7 Å². The number of aliphatic hydroxyl groups excluding tert-OH is 1. The number of carbonyl (C=O) groups excluding carboxylic acids is 2. The summed E-state index contributed by atoms with van der Waals surface area (Å²) in [5.41, 5.74) is 3.61. The van der Waals surface area contributed by atoms with E-state index >= 15 is 0 Å². The minimum atomic E-state index is -0.782. The van der Waals surface area contributed by atoms with Crippen LogP contribution in [0, 0.1) is 19.8 Å². The van der Waals surface area contributed by atoms with Crippen molar-refractivity contribution in [3.05, 3.63) is 94.6 Å². The largest absolute Gasteiger partial charge is 0.507 e. The summed E-state index contributed by atoms with van der Waals surface area (Å²) < 4.78 is 11.4. The van der Waals surface area contributed by atoms with Gasteiger partial charge in [0, 0.05) is 11.3 Å². The van der Waals surface area contributed by atoms with Crippen LogP contribution in [0.15, 0.2) is 72.3 Å². The van der Waals surface area contributed by atoms with Crippen molar-refractivity contribution in [3.63, 3.8) is 0 Å². The summed E-state index contributed by atoms with van der Waals surface area (Å²) >= 11 is 0. The number of benzene rings is 3. The number of Topliss-reactive ketones (excluding diaryl/α,β-unsaturated/α-hetero) is 1. The van der Waals surface area contributed by atoms with Crippen molar-refractivity contribution in [1.82, 2.24) is 0 Å². The number of amides is 1. The van der Waals surface area contributed by atoms with Crippen molar-refractivity contribution in [2.24, 2.45) is 5.92 Å². The smallest absolute Gasteiger partial charge is 0.300 e. The molecule has 0 spiro atoms. The van der Waals surface area contributed by atoms with Gasteiger partial charge in [-0.25, -0.2) is 0 Å². The minimum Gasteiger partial charge on any atom is -0.507 e. The standard InChI is InChI=1S/C31H33NO5/c1-6-36-25-13-11-24(12-14-25)32-28(22-9-7-8-20(4)16-22)27(30(34)31(32)35)29(33)23-10-15-26(21(5)17-23)37-18-19(2)3/h7-17,19,28,33H,6,18H2,1-5H3/b29-27-. The quantitative estimate of drug-likeness (QED) is 0.222. The van der Waals surface area contributed by atoms with E-state index in [2.05, 4.69) is 13.8 Å². The Morgan fingerprint density at radius 2 is 1.70 bits per heavy atom. The average Bonchev–Trinajstić information content (AvgIpc) is 3.13. The molecule has 4 rings (SSSR count). The molecule has 6 heteroatoms. The Morgan fingerprint density at radius 3 is 2.32 bits per heavy atom. The Bertz CT molecular complexity index is 1340. The molecular formula is C31H33NO5. The Balaban J connectivity index is 1.83. The molecule has 37 heavy (non-hydrogen) atoms. The topological polar surface area (TPSA) is 76.1 Å². The summed E-state index contributed by atoms with van der Waals surface area (Å²) in [5.74, 6) is 0.138. The Hall–Kier alpha value is -4.06. The number of ketones is 1. The summed E-state index contributed by atoms with van der Waals surface area (Å²) in [4.78, 5) is 28.2. The molecule has 0 radical (unpaired) electrons. The van der Waals surface area contributed by atoms with E-state index in [0.717, 1.165) is 22.4 Å². The van der Waals surface area contributed by atoms with Gasteiger partial charge in [0.1, 0.15) is 17.3 Å². The average molecular weight is 500 g/mol. The van der Waals surface area contributed by atoms with E-state index < -0.39 is 17.7 Å². The van der Waals surface area contributed by atoms with Gasteiger partial charge in [-0.3, -0.25) is 14.5 Å². The predicted octanol–water partition coefficient (Wildman–Crippen LogP) is 6.36. The van der Waals surface area contributed by atoms with Crippen LogP contribution in [0.1, 0.15) is 49.1 Å². The molecule has 0 aliphatic carbocycles. The van der Waals surface area contributed by atoms with Crippen molar-refractivity contribution in [2.45, 2.75) is 40.7 Å². The first-order valence-electron chi connectivity index (χ1n) is 12.6. The predicted molar refractivity (Wildman–Crippen MR) is 145 cm³/mol. The highest BCUT2D eigenvalue weighted by Crippen LogP contribution is 2.43. The lowest BCUT2D eigenvalue weighted by molar-refractivity contribution is -0.132. The maximum Gasteiger partial charge on any atom is 0.300 e. The molecule has 1 unspecified atom stereocenters. The lowest BCUT2D eigenvalue weighted by Gasteiger charge is -2.26. The molecule has 1 atom stereocenters. The Morgan fingerprint density at radius 1 is 0.973 bits per heavy atom. The number of nitrogens with zero attached hydrogens (tertiary/aromatic N) is 1. The van der Waals surface area contributed by atoms with Crippen LogP contribution in [-0.4, -0.2) is 30.0 Å². The van der Waals surface area contributed by atoms with Gasteiger partial charge < -0.3 is 14.6 Å². The van der Waals surface area contributed by atoms with E-state index in [0.29, 0.717) is 36.1 Å². The maximum absolute atomic E-state index is 13.4. The molecule has 1 aliphatic rings. The lowest BCUT2D eigenvalue weighted by Crippen LogP contribution is -2.29. The van der Waals surface area contributed by atoms with Crippen LogP contribution >= 0.6 is 0 Å². The number of hydrogen-bond donors (Lipinski definition) is 1. The second kappa shape index (κ2) is 10.9. The minimum absolute atomic E-state index is 0.0553. The Kier molecular flexibility index (Phi) is 7.67. The van der Waals surface area contributed by atoms with Gasteiger partial charge in [0.15, 0.2) is 0 Å². The third kappa shape index (κ3) is 5.38. The monoisotopic (exact) mass is 499 g/mol. The van der Waals surface area contributed by atoms with E-state index in [1.807, 2.05) is 45.0 Å². The lowest BCUT2D eigenvalue weighted by atomic mass is 9.94. The first-order chi connectivity index (χ1) is 17.7. The fourth-order valence-electron chi connectivity index (χ4n) is 4.49. The first kappa shape index (κ1) is 26.0. The number of carbonyl (C=O) groups is 2. The van der Waals surface area contributed by atoms with Crippen LogP contribution in [0.2, 0.25) is 0 Å². The molecule has 6 nitrogen and oxygen atoms in total. The summed E-state index contributed by atoms with van der Waals surface area (Å²) in [6, 6.07) is 19.2.